The van der Waals surface area contributed by atoms with Gasteiger partial charge >= 0.3 is 0 Å². The minimum Gasteiger partial charge on any atom is -0.482 e. The number of nitrogens with one attached hydrogen (secondary N) is 1. The summed E-state index contributed by atoms with van der Waals surface area (Å²) < 4.78 is 36.6. The van der Waals surface area contributed by atoms with Gasteiger partial charge in [-0.2, -0.15) is 0 Å². The zero-order chi connectivity index (χ0) is 19.1. The number of rotatable bonds is 8. The van der Waals surface area contributed by atoms with Crippen LogP contribution in [-0.4, -0.2) is 22.6 Å². The lowest BCUT2D eigenvalue weighted by molar-refractivity contribution is 0.0944. The molecule has 1 amide bonds. The van der Waals surface area contributed by atoms with Crippen LogP contribution in [0.4, 0.5) is 8.78 Å². The fourth-order valence-corrected chi connectivity index (χ4v) is 2.36. The molecule has 0 aliphatic carbocycles. The van der Waals surface area contributed by atoms with Crippen molar-refractivity contribution >= 4 is 5.91 Å². The number of pyridine rings is 1. The van der Waals surface area contributed by atoms with Crippen LogP contribution >= 0.6 is 0 Å². The van der Waals surface area contributed by atoms with Gasteiger partial charge in [0.05, 0.1) is 0 Å². The number of halogens is 2. The number of nitrogens with zero attached hydrogens (tertiary/aromatic N) is 2. The Kier molecular flexibility index (Phi) is 6.09. The average molecular weight is 373 g/mol. The van der Waals surface area contributed by atoms with Crippen LogP contribution in [0, 0.1) is 11.6 Å². The number of ether oxygens (including phenoxy) is 1. The number of aromatic nitrogens is 2. The summed E-state index contributed by atoms with van der Waals surface area (Å²) in [6, 6.07) is 8.24. The third-order valence-corrected chi connectivity index (χ3v) is 3.71. The van der Waals surface area contributed by atoms with E-state index < -0.39 is 11.6 Å². The van der Waals surface area contributed by atoms with Crippen LogP contribution in [0.3, 0.4) is 0 Å². The highest BCUT2D eigenvalue weighted by atomic mass is 19.1. The molecule has 6 nitrogen and oxygen atoms in total. The first-order valence-corrected chi connectivity index (χ1v) is 8.32. The highest BCUT2D eigenvalue weighted by molar-refractivity contribution is 5.92. The summed E-state index contributed by atoms with van der Waals surface area (Å²) in [5, 5.41) is 6.42. The Bertz CT molecular complexity index is 900. The highest BCUT2D eigenvalue weighted by Gasteiger charge is 2.13. The number of carbonyl (C=O) groups is 1. The number of aryl methyl sites for hydroxylation is 1. The van der Waals surface area contributed by atoms with E-state index >= 15 is 0 Å². The van der Waals surface area contributed by atoms with Gasteiger partial charge in [-0.05, 0) is 36.6 Å². The molecule has 3 rings (SSSR count). The molecule has 0 aliphatic rings. The van der Waals surface area contributed by atoms with Crippen molar-refractivity contribution in [3.8, 4) is 5.75 Å². The monoisotopic (exact) mass is 373 g/mol. The van der Waals surface area contributed by atoms with Crippen molar-refractivity contribution in [2.75, 3.05) is 6.54 Å². The van der Waals surface area contributed by atoms with Crippen molar-refractivity contribution in [3.05, 3.63) is 77.4 Å². The van der Waals surface area contributed by atoms with Gasteiger partial charge in [0.1, 0.15) is 12.4 Å². The largest absolute Gasteiger partial charge is 0.482 e. The topological polar surface area (TPSA) is 77.2 Å². The maximum absolute atomic E-state index is 13.5. The van der Waals surface area contributed by atoms with Crippen LogP contribution in [0.2, 0.25) is 0 Å². The number of hydrogen-bond donors (Lipinski definition) is 1. The zero-order valence-corrected chi connectivity index (χ0v) is 14.3. The lowest BCUT2D eigenvalue weighted by atomic mass is 10.1. The molecule has 8 heteroatoms. The van der Waals surface area contributed by atoms with E-state index in [-0.39, 0.29) is 29.7 Å². The van der Waals surface area contributed by atoms with E-state index in [0.29, 0.717) is 6.54 Å². The Morgan fingerprint density at radius 2 is 2.11 bits per heavy atom. The molecule has 0 atom stereocenters. The van der Waals surface area contributed by atoms with Crippen molar-refractivity contribution < 1.29 is 22.8 Å². The van der Waals surface area contributed by atoms with Gasteiger partial charge in [0.15, 0.2) is 23.0 Å². The smallest absolute Gasteiger partial charge is 0.273 e. The third-order valence-electron chi connectivity index (χ3n) is 3.71. The fraction of sp³-hybridized carbons (Fsp3) is 0.211. The van der Waals surface area contributed by atoms with Gasteiger partial charge in [-0.1, -0.05) is 11.2 Å². The predicted molar refractivity (Wildman–Crippen MR) is 92.1 cm³/mol. The maximum Gasteiger partial charge on any atom is 0.273 e. The summed E-state index contributed by atoms with van der Waals surface area (Å²) in [5.41, 5.74) is 1.20. The van der Waals surface area contributed by atoms with Crippen molar-refractivity contribution in [1.82, 2.24) is 15.5 Å². The Balaban J connectivity index is 1.44. The molecule has 0 saturated heterocycles. The van der Waals surface area contributed by atoms with E-state index in [4.69, 9.17) is 9.26 Å². The van der Waals surface area contributed by atoms with Gasteiger partial charge in [-0.3, -0.25) is 9.78 Å². The number of benzene rings is 1. The van der Waals surface area contributed by atoms with Crippen molar-refractivity contribution in [1.29, 1.82) is 0 Å². The average Bonchev–Trinajstić information content (AvgIpc) is 3.14. The molecule has 0 fully saturated rings. The minimum absolute atomic E-state index is 0.106. The molecule has 2 heterocycles. The fourth-order valence-electron chi connectivity index (χ4n) is 2.36. The number of amides is 1. The summed E-state index contributed by atoms with van der Waals surface area (Å²) >= 11 is 0. The van der Waals surface area contributed by atoms with Gasteiger partial charge in [0.2, 0.25) is 0 Å². The first kappa shape index (κ1) is 18.5. The molecular weight excluding hydrogens is 356 g/mol. The first-order chi connectivity index (χ1) is 13.1. The lowest BCUT2D eigenvalue weighted by Gasteiger charge is -2.04. The van der Waals surface area contributed by atoms with Crippen molar-refractivity contribution in [3.63, 3.8) is 0 Å². The lowest BCUT2D eigenvalue weighted by Crippen LogP contribution is -2.25. The number of hydrogen-bond acceptors (Lipinski definition) is 5. The van der Waals surface area contributed by atoms with Crippen LogP contribution in [0.25, 0.3) is 0 Å². The van der Waals surface area contributed by atoms with E-state index in [2.05, 4.69) is 15.5 Å². The normalized spacial score (nSPS) is 10.6. The standard InChI is InChI=1S/C19H17F2N3O3/c20-14-5-6-18(16(21)9-14)26-12-15-10-17(24-27-15)19(25)23-8-2-4-13-3-1-7-22-11-13/h1,3,5-7,9-11H,2,4,8,12H2,(H,23,25). The SMILES string of the molecule is O=C(NCCCc1cccnc1)c1cc(COc2ccc(F)cc2F)on1. The van der Waals surface area contributed by atoms with E-state index in [1.165, 1.54) is 12.1 Å². The van der Waals surface area contributed by atoms with Crippen LogP contribution in [-0.2, 0) is 13.0 Å². The molecule has 140 valence electrons. The summed E-state index contributed by atoms with van der Waals surface area (Å²) in [4.78, 5) is 16.1. The summed E-state index contributed by atoms with van der Waals surface area (Å²) in [5.74, 6) is -1.75. The Labute approximate surface area is 154 Å². The molecular formula is C19H17F2N3O3. The molecule has 0 saturated carbocycles. The number of carbonyl (C=O) groups excluding carboxylic acids is 1. The predicted octanol–water partition coefficient (Wildman–Crippen LogP) is 3.29. The van der Waals surface area contributed by atoms with E-state index in [1.54, 1.807) is 12.4 Å². The van der Waals surface area contributed by atoms with Gasteiger partial charge in [-0.15, -0.1) is 0 Å². The highest BCUT2D eigenvalue weighted by Crippen LogP contribution is 2.19. The molecule has 2 aromatic heterocycles. The van der Waals surface area contributed by atoms with Crippen LogP contribution in [0.1, 0.15) is 28.2 Å². The molecule has 1 aromatic carbocycles. The molecule has 0 bridgehead atoms. The van der Waals surface area contributed by atoms with E-state index in [0.717, 1.165) is 30.5 Å². The third kappa shape index (κ3) is 5.34. The van der Waals surface area contributed by atoms with E-state index in [1.807, 2.05) is 12.1 Å². The summed E-state index contributed by atoms with van der Waals surface area (Å²) in [7, 11) is 0. The molecule has 0 unspecified atom stereocenters. The molecule has 0 radical (unpaired) electrons. The molecule has 3 aromatic rings. The van der Waals surface area contributed by atoms with Crippen LogP contribution in [0.5, 0.6) is 5.75 Å². The zero-order valence-electron chi connectivity index (χ0n) is 14.3. The Morgan fingerprint density at radius 1 is 1.22 bits per heavy atom. The van der Waals surface area contributed by atoms with Gasteiger partial charge < -0.3 is 14.6 Å². The van der Waals surface area contributed by atoms with Gasteiger partial charge in [-0.25, -0.2) is 8.78 Å². The maximum atomic E-state index is 13.5. The molecule has 1 N–H and O–H groups in total. The second kappa shape index (κ2) is 8.88. The van der Waals surface area contributed by atoms with Crippen LogP contribution in [0.15, 0.2) is 53.3 Å². The summed E-state index contributed by atoms with van der Waals surface area (Å²) in [6.45, 7) is 0.344. The minimum atomic E-state index is -0.818. The van der Waals surface area contributed by atoms with Crippen molar-refractivity contribution in [2.45, 2.75) is 19.4 Å². The molecule has 27 heavy (non-hydrogen) atoms. The van der Waals surface area contributed by atoms with Gasteiger partial charge in [0.25, 0.3) is 5.91 Å². The first-order valence-electron chi connectivity index (χ1n) is 8.32. The summed E-state index contributed by atoms with van der Waals surface area (Å²) in [6.07, 6.45) is 5.06. The second-order valence-electron chi connectivity index (χ2n) is 5.76. The molecule has 0 aliphatic heterocycles. The molecule has 0 spiro atoms. The van der Waals surface area contributed by atoms with Crippen molar-refractivity contribution in [2.24, 2.45) is 0 Å². The Morgan fingerprint density at radius 3 is 2.89 bits per heavy atom. The quantitative estimate of drug-likeness (QED) is 0.613. The Hall–Kier alpha value is -3.29. The second-order valence-corrected chi connectivity index (χ2v) is 5.76. The van der Waals surface area contributed by atoms with E-state index in [9.17, 15) is 13.6 Å². The van der Waals surface area contributed by atoms with Gasteiger partial charge in [0, 0.05) is 31.1 Å². The van der Waals surface area contributed by atoms with Crippen LogP contribution < -0.4 is 10.1 Å².